The van der Waals surface area contributed by atoms with Crippen LogP contribution in [-0.2, 0) is 13.5 Å². The van der Waals surface area contributed by atoms with Crippen molar-refractivity contribution < 1.29 is 0 Å². The van der Waals surface area contributed by atoms with Crippen LogP contribution in [0.2, 0.25) is 0 Å². The van der Waals surface area contributed by atoms with Crippen LogP contribution >= 0.6 is 0 Å². The maximum absolute atomic E-state index is 4.37. The predicted molar refractivity (Wildman–Crippen MR) is 57.2 cm³/mol. The van der Waals surface area contributed by atoms with Gasteiger partial charge < -0.3 is 5.32 Å². The molecule has 0 aromatic carbocycles. The molecule has 3 nitrogen and oxygen atoms in total. The van der Waals surface area contributed by atoms with Gasteiger partial charge in [-0.1, -0.05) is 0 Å². The molecule has 3 heteroatoms. The quantitative estimate of drug-likeness (QED) is 0.766. The maximum Gasteiger partial charge on any atom is 0.0625 e. The van der Waals surface area contributed by atoms with Crippen LogP contribution in [-0.4, -0.2) is 22.9 Å². The first-order valence-electron chi connectivity index (χ1n) is 5.45. The van der Waals surface area contributed by atoms with Gasteiger partial charge in [0.05, 0.1) is 5.69 Å². The van der Waals surface area contributed by atoms with Crippen LogP contribution in [0.5, 0.6) is 0 Å². The Morgan fingerprint density at radius 1 is 1.64 bits per heavy atom. The van der Waals surface area contributed by atoms with E-state index in [4.69, 9.17) is 0 Å². The minimum absolute atomic E-state index is 0.812. The first kappa shape index (κ1) is 9.71. The van der Waals surface area contributed by atoms with Crippen molar-refractivity contribution in [3.63, 3.8) is 0 Å². The maximum atomic E-state index is 4.37. The summed E-state index contributed by atoms with van der Waals surface area (Å²) in [5.74, 6) is 0.812. The standard InChI is InChI=1S/C11H19N3/c1-9-11(8-14(2)13-9)6-10-4-3-5-12-7-10/h8,10,12H,3-7H2,1-2H3. The third-order valence-corrected chi connectivity index (χ3v) is 3.02. The molecule has 0 aliphatic carbocycles. The summed E-state index contributed by atoms with van der Waals surface area (Å²) in [6, 6.07) is 0. The van der Waals surface area contributed by atoms with Crippen molar-refractivity contribution in [2.75, 3.05) is 13.1 Å². The van der Waals surface area contributed by atoms with Crippen molar-refractivity contribution in [1.29, 1.82) is 0 Å². The van der Waals surface area contributed by atoms with Crippen molar-refractivity contribution in [3.05, 3.63) is 17.5 Å². The molecule has 1 aliphatic heterocycles. The summed E-state index contributed by atoms with van der Waals surface area (Å²) in [5, 5.41) is 7.83. The summed E-state index contributed by atoms with van der Waals surface area (Å²) < 4.78 is 1.92. The van der Waals surface area contributed by atoms with Crippen LogP contribution in [0.25, 0.3) is 0 Å². The molecule has 2 rings (SSSR count). The Kier molecular flexibility index (Phi) is 2.87. The highest BCUT2D eigenvalue weighted by atomic mass is 15.2. The van der Waals surface area contributed by atoms with Gasteiger partial charge in [-0.15, -0.1) is 0 Å². The van der Waals surface area contributed by atoms with E-state index >= 15 is 0 Å². The van der Waals surface area contributed by atoms with Gasteiger partial charge in [0.2, 0.25) is 0 Å². The van der Waals surface area contributed by atoms with Crippen molar-refractivity contribution >= 4 is 0 Å². The molecule has 1 saturated heterocycles. The molecule has 0 bridgehead atoms. The molecule has 1 unspecified atom stereocenters. The van der Waals surface area contributed by atoms with Gasteiger partial charge >= 0.3 is 0 Å². The number of aryl methyl sites for hydroxylation is 2. The van der Waals surface area contributed by atoms with E-state index < -0.39 is 0 Å². The van der Waals surface area contributed by atoms with Gasteiger partial charge in [-0.05, 0) is 50.8 Å². The van der Waals surface area contributed by atoms with E-state index in [9.17, 15) is 0 Å². The van der Waals surface area contributed by atoms with E-state index in [1.807, 2.05) is 11.7 Å². The molecule has 1 N–H and O–H groups in total. The van der Waals surface area contributed by atoms with Crippen LogP contribution in [0.1, 0.15) is 24.1 Å². The van der Waals surface area contributed by atoms with Gasteiger partial charge in [0.25, 0.3) is 0 Å². The molecule has 1 atom stereocenters. The van der Waals surface area contributed by atoms with Crippen LogP contribution in [0.3, 0.4) is 0 Å². The second-order valence-electron chi connectivity index (χ2n) is 4.33. The number of aromatic nitrogens is 2. The summed E-state index contributed by atoms with van der Waals surface area (Å²) in [7, 11) is 2.00. The molecule has 78 valence electrons. The fraction of sp³-hybridized carbons (Fsp3) is 0.727. The number of nitrogens with one attached hydrogen (secondary N) is 1. The summed E-state index contributed by atoms with van der Waals surface area (Å²) >= 11 is 0. The van der Waals surface area contributed by atoms with E-state index in [-0.39, 0.29) is 0 Å². The van der Waals surface area contributed by atoms with Gasteiger partial charge in [0.1, 0.15) is 0 Å². The fourth-order valence-corrected chi connectivity index (χ4v) is 2.26. The molecular formula is C11H19N3. The number of rotatable bonds is 2. The van der Waals surface area contributed by atoms with Gasteiger partial charge in [-0.3, -0.25) is 4.68 Å². The van der Waals surface area contributed by atoms with E-state index in [0.717, 1.165) is 5.92 Å². The van der Waals surface area contributed by atoms with Crippen molar-refractivity contribution in [2.24, 2.45) is 13.0 Å². The predicted octanol–water partition coefficient (Wildman–Crippen LogP) is 1.27. The largest absolute Gasteiger partial charge is 0.316 e. The molecule has 0 amide bonds. The van der Waals surface area contributed by atoms with Crippen molar-refractivity contribution in [1.82, 2.24) is 15.1 Å². The Morgan fingerprint density at radius 3 is 3.07 bits per heavy atom. The first-order chi connectivity index (χ1) is 6.75. The highest BCUT2D eigenvalue weighted by molar-refractivity contribution is 5.16. The lowest BCUT2D eigenvalue weighted by atomic mass is 9.93. The smallest absolute Gasteiger partial charge is 0.0625 e. The molecule has 1 fully saturated rings. The van der Waals surface area contributed by atoms with Crippen LogP contribution < -0.4 is 5.32 Å². The summed E-state index contributed by atoms with van der Waals surface area (Å²) in [6.07, 6.45) is 6.03. The molecule has 14 heavy (non-hydrogen) atoms. The Bertz CT molecular complexity index is 297. The Balaban J connectivity index is 1.98. The average molecular weight is 193 g/mol. The highest BCUT2D eigenvalue weighted by Gasteiger charge is 2.15. The molecule has 1 aliphatic rings. The zero-order valence-corrected chi connectivity index (χ0v) is 9.08. The Morgan fingerprint density at radius 2 is 2.50 bits per heavy atom. The molecule has 1 aromatic rings. The average Bonchev–Trinajstić information content (AvgIpc) is 2.47. The Hall–Kier alpha value is -0.830. The van der Waals surface area contributed by atoms with Crippen molar-refractivity contribution in [3.8, 4) is 0 Å². The number of piperidine rings is 1. The fourth-order valence-electron chi connectivity index (χ4n) is 2.26. The molecule has 0 saturated carbocycles. The second-order valence-corrected chi connectivity index (χ2v) is 4.33. The third kappa shape index (κ3) is 2.15. The summed E-state index contributed by atoms with van der Waals surface area (Å²) in [4.78, 5) is 0. The highest BCUT2D eigenvalue weighted by Crippen LogP contribution is 2.17. The molecule has 2 heterocycles. The van der Waals surface area contributed by atoms with Gasteiger partial charge in [-0.25, -0.2) is 0 Å². The first-order valence-corrected chi connectivity index (χ1v) is 5.45. The third-order valence-electron chi connectivity index (χ3n) is 3.02. The minimum atomic E-state index is 0.812. The number of hydrogen-bond donors (Lipinski definition) is 1. The molecule has 0 radical (unpaired) electrons. The zero-order chi connectivity index (χ0) is 9.97. The van der Waals surface area contributed by atoms with Crippen molar-refractivity contribution in [2.45, 2.75) is 26.2 Å². The van der Waals surface area contributed by atoms with E-state index in [1.165, 1.54) is 43.6 Å². The van der Waals surface area contributed by atoms with E-state index in [2.05, 4.69) is 23.5 Å². The van der Waals surface area contributed by atoms with Crippen LogP contribution in [0, 0.1) is 12.8 Å². The lowest BCUT2D eigenvalue weighted by Crippen LogP contribution is -2.30. The lowest BCUT2D eigenvalue weighted by Gasteiger charge is -2.22. The van der Waals surface area contributed by atoms with Crippen LogP contribution in [0.4, 0.5) is 0 Å². The SMILES string of the molecule is Cc1nn(C)cc1CC1CCCNC1. The Labute approximate surface area is 85.5 Å². The normalized spacial score (nSPS) is 22.6. The van der Waals surface area contributed by atoms with Gasteiger partial charge in [0, 0.05) is 13.2 Å². The molecule has 0 spiro atoms. The number of nitrogens with zero attached hydrogens (tertiary/aromatic N) is 2. The minimum Gasteiger partial charge on any atom is -0.316 e. The topological polar surface area (TPSA) is 29.9 Å². The zero-order valence-electron chi connectivity index (χ0n) is 9.08. The van der Waals surface area contributed by atoms with Gasteiger partial charge in [-0.2, -0.15) is 5.10 Å². The molecular weight excluding hydrogens is 174 g/mol. The summed E-state index contributed by atoms with van der Waals surface area (Å²) in [5.41, 5.74) is 2.61. The molecule has 1 aromatic heterocycles. The monoisotopic (exact) mass is 193 g/mol. The van der Waals surface area contributed by atoms with Gasteiger partial charge in [0.15, 0.2) is 0 Å². The van der Waals surface area contributed by atoms with Crippen LogP contribution in [0.15, 0.2) is 6.20 Å². The number of hydrogen-bond acceptors (Lipinski definition) is 2. The second kappa shape index (κ2) is 4.13. The van der Waals surface area contributed by atoms with E-state index in [0.29, 0.717) is 0 Å². The van der Waals surface area contributed by atoms with E-state index in [1.54, 1.807) is 0 Å². The lowest BCUT2D eigenvalue weighted by molar-refractivity contribution is 0.375. The summed E-state index contributed by atoms with van der Waals surface area (Å²) in [6.45, 7) is 4.47.